The Bertz CT molecular complexity index is 3110. The zero-order valence-corrected chi connectivity index (χ0v) is 32.7. The van der Waals surface area contributed by atoms with Crippen molar-refractivity contribution in [2.24, 2.45) is 0 Å². The van der Waals surface area contributed by atoms with Crippen molar-refractivity contribution in [3.05, 3.63) is 223 Å². The van der Waals surface area contributed by atoms with Gasteiger partial charge in [-0.15, -0.1) is 0 Å². The highest BCUT2D eigenvalue weighted by molar-refractivity contribution is 6.28. The molecule has 1 aliphatic carbocycles. The normalized spacial score (nSPS) is 12.2. The average molecular weight is 747 g/mol. The third-order valence-electron chi connectivity index (χ3n) is 11.7. The van der Waals surface area contributed by atoms with Crippen LogP contribution in [-0.4, -0.2) is 5.11 Å². The molecule has 0 heterocycles. The van der Waals surface area contributed by atoms with Crippen LogP contribution in [0.4, 0.5) is 34.1 Å². The van der Waals surface area contributed by atoms with Crippen LogP contribution in [0.3, 0.4) is 0 Å². The van der Waals surface area contributed by atoms with Crippen LogP contribution in [0.1, 0.15) is 27.8 Å². The number of aliphatic hydroxyl groups is 1. The molecule has 9 aromatic carbocycles. The second-order valence-corrected chi connectivity index (χ2v) is 15.4. The van der Waals surface area contributed by atoms with Gasteiger partial charge in [0.05, 0.1) is 23.3 Å². The third-order valence-corrected chi connectivity index (χ3v) is 11.7. The first kappa shape index (κ1) is 35.1. The Kier molecular flexibility index (Phi) is 8.65. The van der Waals surface area contributed by atoms with Crippen molar-refractivity contribution in [3.63, 3.8) is 0 Å². The summed E-state index contributed by atoms with van der Waals surface area (Å²) in [6.45, 7) is 8.66. The van der Waals surface area contributed by atoms with E-state index in [-0.39, 0.29) is 0 Å². The Morgan fingerprint density at radius 1 is 0.534 bits per heavy atom. The lowest BCUT2D eigenvalue weighted by molar-refractivity contribution is 0.474. The van der Waals surface area contributed by atoms with Crippen LogP contribution >= 0.6 is 0 Å². The summed E-state index contributed by atoms with van der Waals surface area (Å²) in [5, 5.41) is 16.5. The number of allylic oxidation sites excluding steroid dienone is 4. The molecule has 0 saturated heterocycles. The number of rotatable bonds is 9. The van der Waals surface area contributed by atoms with Crippen LogP contribution in [-0.2, 0) is 6.42 Å². The van der Waals surface area contributed by atoms with Gasteiger partial charge in [-0.1, -0.05) is 128 Å². The van der Waals surface area contributed by atoms with Crippen molar-refractivity contribution < 1.29 is 5.11 Å². The van der Waals surface area contributed by atoms with Crippen LogP contribution in [0, 0.1) is 13.8 Å². The predicted octanol–water partition coefficient (Wildman–Crippen LogP) is 15.4. The molecule has 0 radical (unpaired) electrons. The maximum Gasteiger partial charge on any atom is 0.0791 e. The molecule has 0 spiro atoms. The topological polar surface area (TPSA) is 26.7 Å². The molecule has 0 amide bonds. The number of fused-ring (bicyclic) bond motifs is 3. The first-order valence-corrected chi connectivity index (χ1v) is 19.9. The van der Waals surface area contributed by atoms with Crippen molar-refractivity contribution in [2.75, 3.05) is 9.80 Å². The lowest BCUT2D eigenvalue weighted by Gasteiger charge is -2.30. The number of hydrogen-bond acceptors (Lipinski definition) is 3. The quantitative estimate of drug-likeness (QED) is 0.0905. The van der Waals surface area contributed by atoms with E-state index in [2.05, 4.69) is 194 Å². The van der Waals surface area contributed by atoms with Gasteiger partial charge in [-0.05, 0) is 141 Å². The van der Waals surface area contributed by atoms with Gasteiger partial charge in [0.15, 0.2) is 0 Å². The zero-order chi connectivity index (χ0) is 39.3. The molecule has 1 aliphatic rings. The molecule has 1 N–H and O–H groups in total. The summed E-state index contributed by atoms with van der Waals surface area (Å²) in [6.07, 6.45) is 7.24. The number of benzene rings is 9. The van der Waals surface area contributed by atoms with Crippen molar-refractivity contribution >= 4 is 72.0 Å². The summed E-state index contributed by atoms with van der Waals surface area (Å²) in [4.78, 5) is 4.87. The van der Waals surface area contributed by atoms with E-state index >= 15 is 0 Å². The third kappa shape index (κ3) is 5.91. The molecule has 0 aliphatic heterocycles. The smallest absolute Gasteiger partial charge is 0.0791 e. The Balaban J connectivity index is 1.20. The van der Waals surface area contributed by atoms with Gasteiger partial charge in [-0.25, -0.2) is 0 Å². The minimum absolute atomic E-state index is 0.859. The summed E-state index contributed by atoms with van der Waals surface area (Å²) >= 11 is 0. The Labute approximate surface area is 339 Å². The summed E-state index contributed by atoms with van der Waals surface area (Å²) in [6, 6.07) is 60.1. The minimum atomic E-state index is 0.859. The average Bonchev–Trinajstić information content (AvgIpc) is 3.64. The van der Waals surface area contributed by atoms with Crippen LogP contribution < -0.4 is 9.80 Å². The first-order valence-electron chi connectivity index (χ1n) is 19.9. The van der Waals surface area contributed by atoms with E-state index in [1.807, 2.05) is 6.08 Å². The number of aryl methyl sites for hydroxylation is 2. The number of nitrogens with zero attached hydrogens (tertiary/aromatic N) is 2. The van der Waals surface area contributed by atoms with E-state index in [0.29, 0.717) is 0 Å². The van der Waals surface area contributed by atoms with E-state index in [1.54, 1.807) is 12.2 Å². The molecule has 0 aromatic heterocycles. The lowest BCUT2D eigenvalue weighted by atomic mass is 9.91. The molecule has 3 heteroatoms. The maximum absolute atomic E-state index is 9.18. The molecule has 0 saturated carbocycles. The Morgan fingerprint density at radius 3 is 1.78 bits per heavy atom. The SMILES string of the molecule is C=C(/C=C\C=C/O)c1cccc(N(c2cccc(C)c2)c2ccc3ccc4c(N(c5cccc(C)c5)c5cccc6c5Cc5ccccc5-6)ccc5ccc2c3c54)c1. The molecule has 58 heavy (non-hydrogen) atoms. The van der Waals surface area contributed by atoms with Gasteiger partial charge in [0.25, 0.3) is 0 Å². The molecule has 9 aromatic rings. The zero-order valence-electron chi connectivity index (χ0n) is 32.7. The Hall–Kier alpha value is -7.36. The van der Waals surface area contributed by atoms with Crippen LogP contribution in [0.15, 0.2) is 195 Å². The summed E-state index contributed by atoms with van der Waals surface area (Å²) < 4.78 is 0. The van der Waals surface area contributed by atoms with E-state index in [0.717, 1.165) is 52.3 Å². The van der Waals surface area contributed by atoms with E-state index in [9.17, 15) is 5.11 Å². The van der Waals surface area contributed by atoms with Gasteiger partial charge in [-0.2, -0.15) is 0 Å². The highest BCUT2D eigenvalue weighted by atomic mass is 16.2. The molecular weight excluding hydrogens is 705 g/mol. The van der Waals surface area contributed by atoms with Gasteiger partial charge < -0.3 is 14.9 Å². The standard InChI is InChI=1S/C55H42N2O/c1-36-12-8-17-43(32-36)56(45-19-10-16-41(34-45)38(3)14-6-7-31-58)52-29-25-39-24-28-49-53(30-26-40-23-27-48(52)54(39)55(40)49)57(44-18-9-13-37(2)33-44)51-22-11-21-47-46-20-5-4-15-42(46)35-50(47)51/h4-34,58H,3,35H2,1-2H3/b14-6-,31-7-. The second kappa shape index (κ2) is 14.3. The molecule has 278 valence electrons. The van der Waals surface area contributed by atoms with Gasteiger partial charge in [-0.3, -0.25) is 0 Å². The van der Waals surface area contributed by atoms with Crippen molar-refractivity contribution in [2.45, 2.75) is 20.3 Å². The maximum atomic E-state index is 9.18. The van der Waals surface area contributed by atoms with Crippen LogP contribution in [0.25, 0.3) is 49.0 Å². The fourth-order valence-electron chi connectivity index (χ4n) is 9.04. The molecule has 0 fully saturated rings. The van der Waals surface area contributed by atoms with E-state index in [1.165, 1.54) is 71.4 Å². The van der Waals surface area contributed by atoms with Crippen molar-refractivity contribution in [1.82, 2.24) is 0 Å². The number of aliphatic hydroxyl groups excluding tert-OH is 1. The van der Waals surface area contributed by atoms with Crippen molar-refractivity contribution in [1.29, 1.82) is 0 Å². The van der Waals surface area contributed by atoms with Gasteiger partial charge in [0.2, 0.25) is 0 Å². The summed E-state index contributed by atoms with van der Waals surface area (Å²) in [5.41, 5.74) is 16.4. The highest BCUT2D eigenvalue weighted by Crippen LogP contribution is 2.50. The van der Waals surface area contributed by atoms with Crippen molar-refractivity contribution in [3.8, 4) is 11.1 Å². The van der Waals surface area contributed by atoms with Crippen LogP contribution in [0.2, 0.25) is 0 Å². The lowest BCUT2D eigenvalue weighted by Crippen LogP contribution is -2.13. The molecule has 10 rings (SSSR count). The van der Waals surface area contributed by atoms with Gasteiger partial charge in [0.1, 0.15) is 0 Å². The largest absolute Gasteiger partial charge is 0.516 e. The number of anilines is 6. The van der Waals surface area contributed by atoms with E-state index in [4.69, 9.17) is 0 Å². The fraction of sp³-hybridized carbons (Fsp3) is 0.0545. The number of hydrogen-bond donors (Lipinski definition) is 1. The Morgan fingerprint density at radius 2 is 1.10 bits per heavy atom. The monoisotopic (exact) mass is 746 g/mol. The predicted molar refractivity (Wildman–Crippen MR) is 247 cm³/mol. The highest BCUT2D eigenvalue weighted by Gasteiger charge is 2.27. The fourth-order valence-corrected chi connectivity index (χ4v) is 9.04. The molecule has 0 bridgehead atoms. The molecule has 3 nitrogen and oxygen atoms in total. The van der Waals surface area contributed by atoms with Crippen LogP contribution in [0.5, 0.6) is 0 Å². The summed E-state index contributed by atoms with van der Waals surface area (Å²) in [5.74, 6) is 0. The summed E-state index contributed by atoms with van der Waals surface area (Å²) in [7, 11) is 0. The van der Waals surface area contributed by atoms with Gasteiger partial charge >= 0.3 is 0 Å². The first-order chi connectivity index (χ1) is 28.5. The van der Waals surface area contributed by atoms with E-state index < -0.39 is 0 Å². The molecular formula is C55H42N2O. The second-order valence-electron chi connectivity index (χ2n) is 15.4. The van der Waals surface area contributed by atoms with Gasteiger partial charge in [0, 0.05) is 34.3 Å². The molecule has 0 atom stereocenters. The molecule has 0 unspecified atom stereocenters. The minimum Gasteiger partial charge on any atom is -0.516 e.